The molecule has 1 aliphatic rings. The first-order valence-corrected chi connectivity index (χ1v) is 8.65. The predicted octanol–water partition coefficient (Wildman–Crippen LogP) is 3.49. The van der Waals surface area contributed by atoms with Crippen molar-refractivity contribution in [3.63, 3.8) is 0 Å². The van der Waals surface area contributed by atoms with Crippen molar-refractivity contribution in [1.29, 1.82) is 0 Å². The third-order valence-electron chi connectivity index (χ3n) is 4.37. The molecule has 5 nitrogen and oxygen atoms in total. The number of anilines is 2. The van der Waals surface area contributed by atoms with E-state index in [1.54, 1.807) is 40.4 Å². The van der Waals surface area contributed by atoms with Crippen LogP contribution in [0.15, 0.2) is 48.8 Å². The molecular formula is C19H20F3N3O2. The van der Waals surface area contributed by atoms with Crippen LogP contribution in [0.25, 0.3) is 0 Å². The first kappa shape index (κ1) is 19.2. The summed E-state index contributed by atoms with van der Waals surface area (Å²) in [6, 6.07) is 8.52. The SMILES string of the molecule is O=C(CCN(c1ccncc1)c1cccc(C(F)(F)F)c1)N1CCOCC1. The number of aromatic nitrogens is 1. The van der Waals surface area contributed by atoms with Crippen LogP contribution in [0.2, 0.25) is 0 Å². The van der Waals surface area contributed by atoms with E-state index in [-0.39, 0.29) is 18.9 Å². The van der Waals surface area contributed by atoms with Crippen LogP contribution in [0.5, 0.6) is 0 Å². The van der Waals surface area contributed by atoms with Gasteiger partial charge in [0.05, 0.1) is 18.8 Å². The highest BCUT2D eigenvalue weighted by atomic mass is 19.4. The summed E-state index contributed by atoms with van der Waals surface area (Å²) >= 11 is 0. The van der Waals surface area contributed by atoms with E-state index in [2.05, 4.69) is 4.98 Å². The predicted molar refractivity (Wildman–Crippen MR) is 94.7 cm³/mol. The number of morpholine rings is 1. The standard InChI is InChI=1S/C19H20F3N3O2/c20-19(21,22)15-2-1-3-17(14-15)25(16-4-7-23-8-5-16)9-6-18(26)24-10-12-27-13-11-24/h1-5,7-8,14H,6,9-13H2. The van der Waals surface area contributed by atoms with Crippen LogP contribution in [-0.2, 0) is 15.7 Å². The molecule has 0 saturated carbocycles. The molecule has 0 N–H and O–H groups in total. The number of pyridine rings is 1. The molecule has 0 atom stereocenters. The fourth-order valence-electron chi connectivity index (χ4n) is 2.96. The lowest BCUT2D eigenvalue weighted by atomic mass is 10.1. The zero-order chi connectivity index (χ0) is 19.3. The minimum atomic E-state index is -4.43. The molecule has 1 aromatic heterocycles. The Balaban J connectivity index is 1.81. The van der Waals surface area contributed by atoms with Gasteiger partial charge in [0.25, 0.3) is 0 Å². The Bertz CT molecular complexity index is 762. The number of alkyl halides is 3. The number of amides is 1. The van der Waals surface area contributed by atoms with Crippen LogP contribution in [-0.4, -0.2) is 48.6 Å². The Hall–Kier alpha value is -2.61. The lowest BCUT2D eigenvalue weighted by Gasteiger charge is -2.29. The number of nitrogens with zero attached hydrogens (tertiary/aromatic N) is 3. The molecule has 8 heteroatoms. The van der Waals surface area contributed by atoms with Gasteiger partial charge in [-0.2, -0.15) is 13.2 Å². The number of benzene rings is 1. The van der Waals surface area contributed by atoms with Crippen molar-refractivity contribution in [2.45, 2.75) is 12.6 Å². The first-order chi connectivity index (χ1) is 12.9. The van der Waals surface area contributed by atoms with Crippen LogP contribution < -0.4 is 4.90 Å². The van der Waals surface area contributed by atoms with Gasteiger partial charge < -0.3 is 14.5 Å². The van der Waals surface area contributed by atoms with Crippen LogP contribution in [0, 0.1) is 0 Å². The maximum Gasteiger partial charge on any atom is 0.416 e. The second-order valence-electron chi connectivity index (χ2n) is 6.15. The van der Waals surface area contributed by atoms with Crippen LogP contribution in [0.3, 0.4) is 0 Å². The Morgan fingerprint density at radius 1 is 1.11 bits per heavy atom. The lowest BCUT2D eigenvalue weighted by molar-refractivity contribution is -0.137. The summed E-state index contributed by atoms with van der Waals surface area (Å²) in [5.41, 5.74) is 0.337. The fraction of sp³-hybridized carbons (Fsp3) is 0.368. The average molecular weight is 379 g/mol. The van der Waals surface area contributed by atoms with Gasteiger partial charge in [-0.1, -0.05) is 6.07 Å². The molecule has 3 rings (SSSR count). The second kappa shape index (κ2) is 8.39. The summed E-state index contributed by atoms with van der Waals surface area (Å²) in [6.45, 7) is 2.36. The molecule has 2 aromatic rings. The molecule has 0 radical (unpaired) electrons. The molecule has 0 spiro atoms. The van der Waals surface area contributed by atoms with Gasteiger partial charge in [0, 0.05) is 49.8 Å². The zero-order valence-corrected chi connectivity index (χ0v) is 14.7. The van der Waals surface area contributed by atoms with Crippen LogP contribution in [0.1, 0.15) is 12.0 Å². The first-order valence-electron chi connectivity index (χ1n) is 8.65. The van der Waals surface area contributed by atoms with E-state index in [0.717, 1.165) is 12.1 Å². The van der Waals surface area contributed by atoms with Crippen molar-refractivity contribution in [2.75, 3.05) is 37.7 Å². The number of hydrogen-bond acceptors (Lipinski definition) is 4. The normalized spacial score (nSPS) is 14.9. The van der Waals surface area contributed by atoms with E-state index in [9.17, 15) is 18.0 Å². The fourth-order valence-corrected chi connectivity index (χ4v) is 2.96. The van der Waals surface area contributed by atoms with E-state index in [1.807, 2.05) is 0 Å². The summed E-state index contributed by atoms with van der Waals surface area (Å²) in [6.07, 6.45) is -1.10. The molecular weight excluding hydrogens is 359 g/mol. The third kappa shape index (κ3) is 4.97. The highest BCUT2D eigenvalue weighted by Crippen LogP contribution is 2.33. The molecule has 1 aliphatic heterocycles. The number of carbonyl (C=O) groups excluding carboxylic acids is 1. The van der Waals surface area contributed by atoms with Crippen molar-refractivity contribution in [3.8, 4) is 0 Å². The van der Waals surface area contributed by atoms with Crippen molar-refractivity contribution in [1.82, 2.24) is 9.88 Å². The lowest BCUT2D eigenvalue weighted by Crippen LogP contribution is -2.41. The maximum atomic E-state index is 13.1. The topological polar surface area (TPSA) is 45.7 Å². The highest BCUT2D eigenvalue weighted by molar-refractivity contribution is 5.77. The van der Waals surface area contributed by atoms with Gasteiger partial charge in [-0.25, -0.2) is 0 Å². The van der Waals surface area contributed by atoms with Crippen molar-refractivity contribution in [3.05, 3.63) is 54.4 Å². The third-order valence-corrected chi connectivity index (χ3v) is 4.37. The number of rotatable bonds is 5. The van der Waals surface area contributed by atoms with Gasteiger partial charge in [0.1, 0.15) is 0 Å². The van der Waals surface area contributed by atoms with Gasteiger partial charge in [-0.05, 0) is 30.3 Å². The smallest absolute Gasteiger partial charge is 0.378 e. The largest absolute Gasteiger partial charge is 0.416 e. The second-order valence-corrected chi connectivity index (χ2v) is 6.15. The minimum absolute atomic E-state index is 0.0377. The minimum Gasteiger partial charge on any atom is -0.378 e. The molecule has 1 amide bonds. The number of hydrogen-bond donors (Lipinski definition) is 0. The summed E-state index contributed by atoms with van der Waals surface area (Å²) in [4.78, 5) is 19.8. The Kier molecular flexibility index (Phi) is 5.95. The average Bonchev–Trinajstić information content (AvgIpc) is 2.69. The van der Waals surface area contributed by atoms with Gasteiger partial charge in [0.2, 0.25) is 5.91 Å². The number of halogens is 3. The zero-order valence-electron chi connectivity index (χ0n) is 14.7. The molecule has 1 saturated heterocycles. The number of carbonyl (C=O) groups is 1. The van der Waals surface area contributed by atoms with E-state index < -0.39 is 11.7 Å². The Morgan fingerprint density at radius 3 is 2.48 bits per heavy atom. The van der Waals surface area contributed by atoms with Crippen molar-refractivity contribution >= 4 is 17.3 Å². The Labute approximate surface area is 155 Å². The van der Waals surface area contributed by atoms with E-state index in [1.165, 1.54) is 6.07 Å². The van der Waals surface area contributed by atoms with Gasteiger partial charge in [-0.15, -0.1) is 0 Å². The highest BCUT2D eigenvalue weighted by Gasteiger charge is 2.31. The quantitative estimate of drug-likeness (QED) is 0.798. The molecule has 1 aromatic carbocycles. The van der Waals surface area contributed by atoms with E-state index >= 15 is 0 Å². The molecule has 0 unspecified atom stereocenters. The molecule has 0 aliphatic carbocycles. The number of ether oxygens (including phenoxy) is 1. The summed E-state index contributed by atoms with van der Waals surface area (Å²) in [5, 5.41) is 0. The van der Waals surface area contributed by atoms with Crippen LogP contribution in [0.4, 0.5) is 24.5 Å². The van der Waals surface area contributed by atoms with Gasteiger partial charge >= 0.3 is 6.18 Å². The molecule has 2 heterocycles. The monoisotopic (exact) mass is 379 g/mol. The van der Waals surface area contributed by atoms with Gasteiger partial charge in [-0.3, -0.25) is 9.78 Å². The molecule has 0 bridgehead atoms. The van der Waals surface area contributed by atoms with Crippen molar-refractivity contribution in [2.24, 2.45) is 0 Å². The van der Waals surface area contributed by atoms with E-state index in [0.29, 0.717) is 37.7 Å². The van der Waals surface area contributed by atoms with E-state index in [4.69, 9.17) is 4.74 Å². The maximum absolute atomic E-state index is 13.1. The summed E-state index contributed by atoms with van der Waals surface area (Å²) < 4.78 is 44.5. The van der Waals surface area contributed by atoms with Crippen molar-refractivity contribution < 1.29 is 22.7 Å². The molecule has 1 fully saturated rings. The van der Waals surface area contributed by atoms with Gasteiger partial charge in [0.15, 0.2) is 0 Å². The molecule has 27 heavy (non-hydrogen) atoms. The summed E-state index contributed by atoms with van der Waals surface area (Å²) in [5.74, 6) is -0.0377. The summed E-state index contributed by atoms with van der Waals surface area (Å²) in [7, 11) is 0. The Morgan fingerprint density at radius 2 is 1.81 bits per heavy atom. The van der Waals surface area contributed by atoms with Crippen LogP contribution >= 0.6 is 0 Å². The molecule has 144 valence electrons.